The topological polar surface area (TPSA) is 49.4 Å². The normalized spacial score (nSPS) is 12.1. The van der Waals surface area contributed by atoms with Crippen LogP contribution in [0.3, 0.4) is 0 Å². The van der Waals surface area contributed by atoms with Gasteiger partial charge in [-0.15, -0.1) is 0 Å². The Hall–Kier alpha value is -1.55. The van der Waals surface area contributed by atoms with E-state index in [0.29, 0.717) is 36.9 Å². The third kappa shape index (κ3) is 6.52. The molecular weight excluding hydrogens is 324 g/mol. The van der Waals surface area contributed by atoms with Crippen LogP contribution in [0.15, 0.2) is 24.3 Å². The average Bonchev–Trinajstić information content (AvgIpc) is 2.54. The standard InChI is InChI=1S/C19H29ClN2O2/c1-5-7-18(23)22(13-15-8-10-16(20)11-9-15)17(6-2)19(24)21-12-14(3)4/h8-11,14,17H,5-7,12-13H2,1-4H3,(H,21,24)/t17-/m1/s1. The van der Waals surface area contributed by atoms with Crippen molar-refractivity contribution in [2.24, 2.45) is 5.92 Å². The molecule has 24 heavy (non-hydrogen) atoms. The number of hydrogen-bond acceptors (Lipinski definition) is 2. The monoisotopic (exact) mass is 352 g/mol. The summed E-state index contributed by atoms with van der Waals surface area (Å²) in [5.74, 6) is 0.311. The third-order valence-electron chi connectivity index (χ3n) is 3.80. The summed E-state index contributed by atoms with van der Waals surface area (Å²) in [5.41, 5.74) is 0.971. The van der Waals surface area contributed by atoms with Crippen LogP contribution < -0.4 is 5.32 Å². The molecule has 0 saturated carbocycles. The number of nitrogens with one attached hydrogen (secondary N) is 1. The Morgan fingerprint density at radius 3 is 2.29 bits per heavy atom. The summed E-state index contributed by atoms with van der Waals surface area (Å²) in [6, 6.07) is 6.96. The molecule has 2 amide bonds. The molecule has 0 bridgehead atoms. The van der Waals surface area contributed by atoms with Crippen LogP contribution in [0.1, 0.15) is 52.5 Å². The highest BCUT2D eigenvalue weighted by molar-refractivity contribution is 6.30. The Morgan fingerprint density at radius 2 is 1.79 bits per heavy atom. The van der Waals surface area contributed by atoms with Crippen molar-refractivity contribution < 1.29 is 9.59 Å². The fraction of sp³-hybridized carbons (Fsp3) is 0.579. The van der Waals surface area contributed by atoms with Gasteiger partial charge in [-0.2, -0.15) is 0 Å². The lowest BCUT2D eigenvalue weighted by Gasteiger charge is -2.31. The lowest BCUT2D eigenvalue weighted by atomic mass is 10.1. The van der Waals surface area contributed by atoms with E-state index in [0.717, 1.165) is 12.0 Å². The maximum atomic E-state index is 12.6. The van der Waals surface area contributed by atoms with Gasteiger partial charge in [0, 0.05) is 24.5 Å². The molecule has 0 aliphatic carbocycles. The zero-order valence-electron chi connectivity index (χ0n) is 15.1. The summed E-state index contributed by atoms with van der Waals surface area (Å²) in [7, 11) is 0. The van der Waals surface area contributed by atoms with Crippen LogP contribution >= 0.6 is 11.6 Å². The molecule has 0 aliphatic heterocycles. The van der Waals surface area contributed by atoms with Crippen LogP contribution in [0.4, 0.5) is 0 Å². The van der Waals surface area contributed by atoms with Gasteiger partial charge < -0.3 is 10.2 Å². The summed E-state index contributed by atoms with van der Waals surface area (Å²) in [6.07, 6.45) is 1.80. The van der Waals surface area contributed by atoms with Crippen LogP contribution in [0, 0.1) is 5.92 Å². The molecule has 0 aromatic heterocycles. The fourth-order valence-electron chi connectivity index (χ4n) is 2.49. The molecule has 0 spiro atoms. The van der Waals surface area contributed by atoms with E-state index in [1.165, 1.54) is 0 Å². The largest absolute Gasteiger partial charge is 0.354 e. The predicted molar refractivity (Wildman–Crippen MR) is 98.8 cm³/mol. The van der Waals surface area contributed by atoms with E-state index in [9.17, 15) is 9.59 Å². The summed E-state index contributed by atoms with van der Waals surface area (Å²) in [5, 5.41) is 3.61. The molecule has 0 fully saturated rings. The van der Waals surface area contributed by atoms with Crippen molar-refractivity contribution >= 4 is 23.4 Å². The average molecular weight is 353 g/mol. The number of nitrogens with zero attached hydrogens (tertiary/aromatic N) is 1. The van der Waals surface area contributed by atoms with Gasteiger partial charge in [0.05, 0.1) is 0 Å². The van der Waals surface area contributed by atoms with E-state index >= 15 is 0 Å². The minimum Gasteiger partial charge on any atom is -0.354 e. The second kappa shape index (κ2) is 10.3. The quantitative estimate of drug-likeness (QED) is 0.729. The molecule has 0 radical (unpaired) electrons. The third-order valence-corrected chi connectivity index (χ3v) is 4.05. The lowest BCUT2D eigenvalue weighted by Crippen LogP contribution is -2.49. The zero-order chi connectivity index (χ0) is 18.1. The molecule has 1 N–H and O–H groups in total. The summed E-state index contributed by atoms with van der Waals surface area (Å²) >= 11 is 5.93. The SMILES string of the molecule is CCCC(=O)N(Cc1ccc(Cl)cc1)[C@H](CC)C(=O)NCC(C)C. The maximum absolute atomic E-state index is 12.6. The van der Waals surface area contributed by atoms with E-state index in [1.54, 1.807) is 17.0 Å². The first-order valence-corrected chi connectivity index (χ1v) is 9.08. The van der Waals surface area contributed by atoms with Crippen molar-refractivity contribution in [3.63, 3.8) is 0 Å². The summed E-state index contributed by atoms with van der Waals surface area (Å²) in [6.45, 7) is 9.05. The number of halogens is 1. The number of carbonyl (C=O) groups excluding carboxylic acids is 2. The Labute approximate surface area is 150 Å². The Balaban J connectivity index is 2.94. The molecule has 1 aromatic rings. The molecule has 0 aliphatic rings. The van der Waals surface area contributed by atoms with Gasteiger partial charge in [0.15, 0.2) is 0 Å². The van der Waals surface area contributed by atoms with Crippen LogP contribution in [-0.4, -0.2) is 29.3 Å². The van der Waals surface area contributed by atoms with Crippen LogP contribution in [-0.2, 0) is 16.1 Å². The molecule has 1 aromatic carbocycles. The molecule has 4 nitrogen and oxygen atoms in total. The molecule has 0 unspecified atom stereocenters. The van der Waals surface area contributed by atoms with Crippen molar-refractivity contribution in [1.29, 1.82) is 0 Å². The molecule has 5 heteroatoms. The Kier molecular flexibility index (Phi) is 8.83. The van der Waals surface area contributed by atoms with Crippen molar-refractivity contribution in [1.82, 2.24) is 10.2 Å². The van der Waals surface area contributed by atoms with E-state index in [2.05, 4.69) is 19.2 Å². The Morgan fingerprint density at radius 1 is 1.17 bits per heavy atom. The van der Waals surface area contributed by atoms with Crippen LogP contribution in [0.25, 0.3) is 0 Å². The number of rotatable bonds is 9. The van der Waals surface area contributed by atoms with E-state index in [4.69, 9.17) is 11.6 Å². The first kappa shape index (κ1) is 20.5. The van der Waals surface area contributed by atoms with E-state index < -0.39 is 6.04 Å². The first-order chi connectivity index (χ1) is 11.4. The minimum absolute atomic E-state index is 0.0130. The lowest BCUT2D eigenvalue weighted by molar-refractivity contribution is -0.141. The number of carbonyl (C=O) groups is 2. The highest BCUT2D eigenvalue weighted by atomic mass is 35.5. The van der Waals surface area contributed by atoms with Gasteiger partial charge >= 0.3 is 0 Å². The summed E-state index contributed by atoms with van der Waals surface area (Å²) < 4.78 is 0. The maximum Gasteiger partial charge on any atom is 0.242 e. The van der Waals surface area contributed by atoms with Gasteiger partial charge in [0.2, 0.25) is 11.8 Å². The highest BCUT2D eigenvalue weighted by Crippen LogP contribution is 2.16. The van der Waals surface area contributed by atoms with Gasteiger partial charge in [-0.1, -0.05) is 51.4 Å². The van der Waals surface area contributed by atoms with E-state index in [1.807, 2.05) is 26.0 Å². The number of hydrogen-bond donors (Lipinski definition) is 1. The minimum atomic E-state index is -0.446. The van der Waals surface area contributed by atoms with Crippen molar-refractivity contribution in [2.75, 3.05) is 6.54 Å². The van der Waals surface area contributed by atoms with Crippen LogP contribution in [0.2, 0.25) is 5.02 Å². The second-order valence-electron chi connectivity index (χ2n) is 6.46. The smallest absolute Gasteiger partial charge is 0.242 e. The number of amides is 2. The summed E-state index contributed by atoms with van der Waals surface area (Å²) in [4.78, 5) is 26.8. The van der Waals surface area contributed by atoms with Gasteiger partial charge in [0.1, 0.15) is 6.04 Å². The molecular formula is C19H29ClN2O2. The van der Waals surface area contributed by atoms with Gasteiger partial charge in [-0.3, -0.25) is 9.59 Å². The predicted octanol–water partition coefficient (Wildman–Crippen LogP) is 4.02. The first-order valence-electron chi connectivity index (χ1n) is 8.70. The van der Waals surface area contributed by atoms with E-state index in [-0.39, 0.29) is 11.8 Å². The molecule has 0 heterocycles. The fourth-order valence-corrected chi connectivity index (χ4v) is 2.61. The molecule has 1 rings (SSSR count). The van der Waals surface area contributed by atoms with Gasteiger partial charge in [-0.05, 0) is 36.5 Å². The molecule has 134 valence electrons. The molecule has 0 saturated heterocycles. The molecule has 1 atom stereocenters. The highest BCUT2D eigenvalue weighted by Gasteiger charge is 2.27. The van der Waals surface area contributed by atoms with Gasteiger partial charge in [-0.25, -0.2) is 0 Å². The Bertz CT molecular complexity index is 529. The second-order valence-corrected chi connectivity index (χ2v) is 6.90. The number of benzene rings is 1. The van der Waals surface area contributed by atoms with Gasteiger partial charge in [0.25, 0.3) is 0 Å². The van der Waals surface area contributed by atoms with Crippen LogP contribution in [0.5, 0.6) is 0 Å². The van der Waals surface area contributed by atoms with Crippen molar-refractivity contribution in [3.8, 4) is 0 Å². The zero-order valence-corrected chi connectivity index (χ0v) is 15.9. The van der Waals surface area contributed by atoms with Crippen molar-refractivity contribution in [2.45, 2.75) is 59.5 Å². The van der Waals surface area contributed by atoms with Crippen molar-refractivity contribution in [3.05, 3.63) is 34.9 Å².